The zero-order valence-corrected chi connectivity index (χ0v) is 8.61. The number of nitrogens with zero attached hydrogens (tertiary/aromatic N) is 3. The van der Waals surface area contributed by atoms with Gasteiger partial charge < -0.3 is 4.98 Å². The van der Waals surface area contributed by atoms with Gasteiger partial charge in [0.05, 0.1) is 12.2 Å². The molecular weight excluding hydrogens is 188 g/mol. The average molecular weight is 202 g/mol. The number of hydrogen-bond acceptors (Lipinski definition) is 2. The number of aromatic amines is 1. The second-order valence-corrected chi connectivity index (χ2v) is 4.02. The summed E-state index contributed by atoms with van der Waals surface area (Å²) in [6.45, 7) is 0.750. The van der Waals surface area contributed by atoms with Crippen LogP contribution >= 0.6 is 0 Å². The molecule has 0 aromatic carbocycles. The van der Waals surface area contributed by atoms with Gasteiger partial charge in [-0.15, -0.1) is 0 Å². The topological polar surface area (TPSA) is 46.5 Å². The van der Waals surface area contributed by atoms with E-state index in [0.717, 1.165) is 25.2 Å². The molecule has 0 amide bonds. The smallest absolute Gasteiger partial charge is 0.128 e. The van der Waals surface area contributed by atoms with Gasteiger partial charge in [0.1, 0.15) is 5.82 Å². The molecular formula is C11H14N4. The molecule has 1 aliphatic carbocycles. The average Bonchev–Trinajstić information content (AvgIpc) is 2.86. The minimum Gasteiger partial charge on any atom is -0.344 e. The Morgan fingerprint density at radius 1 is 1.33 bits per heavy atom. The SMILES string of the molecule is c1cnn(Cc2nc3c([nH]2)CCCC3)c1. The number of H-pyrrole nitrogens is 1. The molecule has 0 saturated carbocycles. The number of imidazole rings is 1. The van der Waals surface area contributed by atoms with Crippen molar-refractivity contribution >= 4 is 0 Å². The zero-order chi connectivity index (χ0) is 10.1. The normalized spacial score (nSPS) is 15.2. The summed E-state index contributed by atoms with van der Waals surface area (Å²) < 4.78 is 1.89. The van der Waals surface area contributed by atoms with Crippen LogP contribution < -0.4 is 0 Å². The third-order valence-corrected chi connectivity index (χ3v) is 2.87. The number of nitrogens with one attached hydrogen (secondary N) is 1. The number of aromatic nitrogens is 4. The highest BCUT2D eigenvalue weighted by molar-refractivity contribution is 5.17. The number of rotatable bonds is 2. The van der Waals surface area contributed by atoms with E-state index in [2.05, 4.69) is 15.1 Å². The summed E-state index contributed by atoms with van der Waals surface area (Å²) in [5, 5.41) is 4.17. The van der Waals surface area contributed by atoms with E-state index in [0.29, 0.717) is 0 Å². The molecule has 0 saturated heterocycles. The molecule has 2 heterocycles. The van der Waals surface area contributed by atoms with Crippen molar-refractivity contribution in [2.75, 3.05) is 0 Å². The monoisotopic (exact) mass is 202 g/mol. The van der Waals surface area contributed by atoms with Gasteiger partial charge in [-0.3, -0.25) is 4.68 Å². The Bertz CT molecular complexity index is 418. The third-order valence-electron chi connectivity index (χ3n) is 2.87. The van der Waals surface area contributed by atoms with E-state index in [4.69, 9.17) is 0 Å². The second-order valence-electron chi connectivity index (χ2n) is 4.02. The van der Waals surface area contributed by atoms with Crippen molar-refractivity contribution < 1.29 is 0 Å². The maximum Gasteiger partial charge on any atom is 0.128 e. The van der Waals surface area contributed by atoms with Crippen LogP contribution in [0.5, 0.6) is 0 Å². The van der Waals surface area contributed by atoms with Gasteiger partial charge >= 0.3 is 0 Å². The quantitative estimate of drug-likeness (QED) is 0.802. The molecule has 4 nitrogen and oxygen atoms in total. The van der Waals surface area contributed by atoms with Crippen molar-refractivity contribution in [3.8, 4) is 0 Å². The van der Waals surface area contributed by atoms with Gasteiger partial charge in [-0.25, -0.2) is 4.98 Å². The minimum atomic E-state index is 0.750. The van der Waals surface area contributed by atoms with E-state index in [-0.39, 0.29) is 0 Å². The van der Waals surface area contributed by atoms with E-state index in [1.807, 2.05) is 16.9 Å². The highest BCUT2D eigenvalue weighted by Gasteiger charge is 2.14. The summed E-state index contributed by atoms with van der Waals surface area (Å²) >= 11 is 0. The standard InChI is InChI=1S/C11H14N4/c1-2-5-10-9(4-1)13-11(14-10)8-15-7-3-6-12-15/h3,6-7H,1-2,4-5,8H2,(H,13,14). The molecule has 0 fully saturated rings. The molecule has 0 aliphatic heterocycles. The van der Waals surface area contributed by atoms with Crippen molar-refractivity contribution in [3.63, 3.8) is 0 Å². The largest absolute Gasteiger partial charge is 0.344 e. The predicted molar refractivity (Wildman–Crippen MR) is 56.6 cm³/mol. The van der Waals surface area contributed by atoms with E-state index < -0.39 is 0 Å². The first-order valence-electron chi connectivity index (χ1n) is 5.46. The van der Waals surface area contributed by atoms with Crippen LogP contribution in [0.15, 0.2) is 18.5 Å². The summed E-state index contributed by atoms with van der Waals surface area (Å²) in [6.07, 6.45) is 8.60. The van der Waals surface area contributed by atoms with E-state index in [1.54, 1.807) is 6.20 Å². The van der Waals surface area contributed by atoms with Crippen LogP contribution in [0.3, 0.4) is 0 Å². The first kappa shape index (κ1) is 8.71. The Hall–Kier alpha value is -1.58. The summed E-state index contributed by atoms with van der Waals surface area (Å²) in [7, 11) is 0. The lowest BCUT2D eigenvalue weighted by Crippen LogP contribution is -2.01. The van der Waals surface area contributed by atoms with Crippen LogP contribution in [-0.4, -0.2) is 19.7 Å². The fraction of sp³-hybridized carbons (Fsp3) is 0.455. The molecule has 1 aliphatic rings. The molecule has 0 spiro atoms. The maximum atomic E-state index is 4.61. The molecule has 0 bridgehead atoms. The van der Waals surface area contributed by atoms with Gasteiger partial charge in [0, 0.05) is 18.1 Å². The highest BCUT2D eigenvalue weighted by atomic mass is 15.3. The van der Waals surface area contributed by atoms with Crippen molar-refractivity contribution in [2.24, 2.45) is 0 Å². The van der Waals surface area contributed by atoms with Gasteiger partial charge in [-0.1, -0.05) is 0 Å². The number of hydrogen-bond donors (Lipinski definition) is 1. The molecule has 1 N–H and O–H groups in total. The summed E-state index contributed by atoms with van der Waals surface area (Å²) in [4.78, 5) is 8.01. The van der Waals surface area contributed by atoms with Crippen molar-refractivity contribution in [3.05, 3.63) is 35.7 Å². The number of fused-ring (bicyclic) bond motifs is 1. The highest BCUT2D eigenvalue weighted by Crippen LogP contribution is 2.18. The van der Waals surface area contributed by atoms with Gasteiger partial charge in [-0.05, 0) is 31.7 Å². The van der Waals surface area contributed by atoms with Gasteiger partial charge in [0.25, 0.3) is 0 Å². The predicted octanol–water partition coefficient (Wildman–Crippen LogP) is 1.53. The first-order chi connectivity index (χ1) is 7.42. The molecule has 0 unspecified atom stereocenters. The number of aryl methyl sites for hydroxylation is 2. The third kappa shape index (κ3) is 1.67. The molecule has 2 aromatic rings. The van der Waals surface area contributed by atoms with Crippen molar-refractivity contribution in [1.82, 2.24) is 19.7 Å². The summed E-state index contributed by atoms with van der Waals surface area (Å²) in [5.74, 6) is 1.03. The van der Waals surface area contributed by atoms with Crippen LogP contribution in [0.4, 0.5) is 0 Å². The fourth-order valence-corrected chi connectivity index (χ4v) is 2.13. The Morgan fingerprint density at radius 2 is 2.27 bits per heavy atom. The molecule has 0 radical (unpaired) electrons. The Morgan fingerprint density at radius 3 is 3.07 bits per heavy atom. The molecule has 0 atom stereocenters. The van der Waals surface area contributed by atoms with E-state index in [9.17, 15) is 0 Å². The van der Waals surface area contributed by atoms with Crippen LogP contribution in [0.25, 0.3) is 0 Å². The van der Waals surface area contributed by atoms with Crippen molar-refractivity contribution in [2.45, 2.75) is 32.2 Å². The maximum absolute atomic E-state index is 4.61. The molecule has 78 valence electrons. The van der Waals surface area contributed by atoms with E-state index >= 15 is 0 Å². The van der Waals surface area contributed by atoms with Crippen molar-refractivity contribution in [1.29, 1.82) is 0 Å². The lowest BCUT2D eigenvalue weighted by Gasteiger charge is -2.07. The minimum absolute atomic E-state index is 0.750. The molecule has 15 heavy (non-hydrogen) atoms. The lowest BCUT2D eigenvalue weighted by molar-refractivity contribution is 0.660. The van der Waals surface area contributed by atoms with Crippen LogP contribution in [-0.2, 0) is 19.4 Å². The first-order valence-corrected chi connectivity index (χ1v) is 5.46. The van der Waals surface area contributed by atoms with Crippen LogP contribution in [0.1, 0.15) is 30.1 Å². The Kier molecular flexibility index (Phi) is 2.05. The fourth-order valence-electron chi connectivity index (χ4n) is 2.13. The Labute approximate surface area is 88.3 Å². The molecule has 2 aromatic heterocycles. The van der Waals surface area contributed by atoms with Gasteiger partial charge in [-0.2, -0.15) is 5.10 Å². The van der Waals surface area contributed by atoms with Crippen LogP contribution in [0.2, 0.25) is 0 Å². The van der Waals surface area contributed by atoms with Crippen LogP contribution in [0, 0.1) is 0 Å². The molecule has 3 rings (SSSR count). The second kappa shape index (κ2) is 3.53. The summed E-state index contributed by atoms with van der Waals surface area (Å²) in [6, 6.07) is 1.93. The van der Waals surface area contributed by atoms with Gasteiger partial charge in [0.15, 0.2) is 0 Å². The lowest BCUT2D eigenvalue weighted by atomic mass is 10.0. The van der Waals surface area contributed by atoms with Gasteiger partial charge in [0.2, 0.25) is 0 Å². The zero-order valence-electron chi connectivity index (χ0n) is 8.61. The summed E-state index contributed by atoms with van der Waals surface area (Å²) in [5.41, 5.74) is 2.60. The van der Waals surface area contributed by atoms with E-state index in [1.165, 1.54) is 24.2 Å². The Balaban J connectivity index is 1.84. The molecule has 4 heteroatoms.